The first-order valence-electron chi connectivity index (χ1n) is 22.6. The van der Waals surface area contributed by atoms with Crippen LogP contribution < -0.4 is 10.9 Å². The number of aryl methyl sites for hydroxylation is 2. The Kier molecular flexibility index (Phi) is 12.5. The smallest absolute Gasteiger partial charge is 0.349 e. The number of carbonyl (C=O) groups excluding carboxylic acids is 1. The number of esters is 1. The molecule has 340 valence electrons. The fourth-order valence-corrected chi connectivity index (χ4v) is 12.7. The minimum atomic E-state index is -2.23. The molecule has 64 heavy (non-hydrogen) atoms. The average molecular weight is 925 g/mol. The normalized spacial score (nSPS) is 18.6. The Morgan fingerprint density at radius 2 is 1.78 bits per heavy atom. The van der Waals surface area contributed by atoms with E-state index >= 15 is 0 Å². The van der Waals surface area contributed by atoms with E-state index in [2.05, 4.69) is 65.0 Å². The molecule has 0 bridgehead atoms. The molecule has 2 aromatic carbocycles. The number of nitrogens with one attached hydrogen (secondary N) is 2. The zero-order valence-electron chi connectivity index (χ0n) is 37.4. The van der Waals surface area contributed by atoms with Crippen molar-refractivity contribution in [2.24, 2.45) is 0 Å². The van der Waals surface area contributed by atoms with Crippen LogP contribution in [0.25, 0.3) is 21.9 Å². The van der Waals surface area contributed by atoms with Gasteiger partial charge in [0, 0.05) is 50.6 Å². The largest absolute Gasteiger partial charge is 0.506 e. The van der Waals surface area contributed by atoms with Gasteiger partial charge in [-0.25, -0.2) is 9.48 Å². The molecule has 16 heteroatoms. The van der Waals surface area contributed by atoms with Gasteiger partial charge in [0.15, 0.2) is 8.32 Å². The molecule has 0 saturated carbocycles. The topological polar surface area (TPSA) is 164 Å². The van der Waals surface area contributed by atoms with Crippen LogP contribution in [0.1, 0.15) is 91.0 Å². The van der Waals surface area contributed by atoms with E-state index in [1.165, 1.54) is 45.4 Å². The van der Waals surface area contributed by atoms with Gasteiger partial charge in [0.1, 0.15) is 17.4 Å². The lowest BCUT2D eigenvalue weighted by atomic mass is 9.88. The van der Waals surface area contributed by atoms with Crippen LogP contribution >= 0.6 is 22.7 Å². The van der Waals surface area contributed by atoms with Gasteiger partial charge in [-0.1, -0.05) is 44.2 Å². The van der Waals surface area contributed by atoms with E-state index in [9.17, 15) is 19.8 Å². The number of aromatic nitrogens is 4. The predicted octanol–water partition coefficient (Wildman–Crippen LogP) is 7.94. The highest BCUT2D eigenvalue weighted by atomic mass is 32.1. The number of aromatic amines is 1. The number of thiophene rings is 2. The monoisotopic (exact) mass is 924 g/mol. The van der Waals surface area contributed by atoms with Crippen molar-refractivity contribution in [3.8, 4) is 5.75 Å². The Balaban J connectivity index is 0.810. The molecule has 0 amide bonds. The Morgan fingerprint density at radius 3 is 2.48 bits per heavy atom. The van der Waals surface area contributed by atoms with Crippen LogP contribution in [0.2, 0.25) is 18.1 Å². The number of ether oxygens (including phenoxy) is 2. The van der Waals surface area contributed by atoms with Gasteiger partial charge in [0.2, 0.25) is 11.2 Å². The van der Waals surface area contributed by atoms with E-state index in [4.69, 9.17) is 19.0 Å². The highest BCUT2D eigenvalue weighted by Gasteiger charge is 2.49. The van der Waals surface area contributed by atoms with E-state index in [0.29, 0.717) is 41.4 Å². The Hall–Kier alpha value is -4.26. The zero-order valence-corrected chi connectivity index (χ0v) is 40.1. The van der Waals surface area contributed by atoms with Crippen molar-refractivity contribution in [1.29, 1.82) is 0 Å². The van der Waals surface area contributed by atoms with E-state index in [0.717, 1.165) is 86.7 Å². The molecule has 2 fully saturated rings. The second kappa shape index (κ2) is 17.8. The third kappa shape index (κ3) is 8.75. The molecule has 2 atom stereocenters. The summed E-state index contributed by atoms with van der Waals surface area (Å²) in [6, 6.07) is 16.3. The predicted molar refractivity (Wildman–Crippen MR) is 254 cm³/mol. The molecule has 1 spiro atoms. The summed E-state index contributed by atoms with van der Waals surface area (Å²) < 4.78 is 21.6. The summed E-state index contributed by atoms with van der Waals surface area (Å²) >= 11 is 2.69. The Bertz CT molecular complexity index is 2630. The highest BCUT2D eigenvalue weighted by Crippen LogP contribution is 2.43. The van der Waals surface area contributed by atoms with Crippen molar-refractivity contribution in [3.63, 3.8) is 0 Å². The van der Waals surface area contributed by atoms with Gasteiger partial charge >= 0.3 is 5.97 Å². The molecule has 1 unspecified atom stereocenters. The van der Waals surface area contributed by atoms with Gasteiger partial charge in [-0.2, -0.15) is 0 Å². The van der Waals surface area contributed by atoms with Crippen molar-refractivity contribution in [1.82, 2.24) is 30.2 Å². The molecule has 2 saturated heterocycles. The minimum Gasteiger partial charge on any atom is -0.506 e. The summed E-state index contributed by atoms with van der Waals surface area (Å²) in [5.41, 5.74) is 5.04. The first-order chi connectivity index (χ1) is 30.6. The number of carbonyl (C=O) groups is 1. The first kappa shape index (κ1) is 44.9. The molecule has 1 aliphatic carbocycles. The van der Waals surface area contributed by atoms with E-state index < -0.39 is 26.0 Å². The molecule has 2 aliphatic heterocycles. The second-order valence-electron chi connectivity index (χ2n) is 19.4. The van der Waals surface area contributed by atoms with E-state index in [1.807, 2.05) is 29.0 Å². The lowest BCUT2D eigenvalue weighted by Gasteiger charge is -2.39. The van der Waals surface area contributed by atoms with Gasteiger partial charge < -0.3 is 39.3 Å². The number of likely N-dealkylation sites (tertiary alicyclic amines) is 1. The van der Waals surface area contributed by atoms with Gasteiger partial charge in [-0.3, -0.25) is 4.79 Å². The highest BCUT2D eigenvalue weighted by molar-refractivity contribution is 7.12. The maximum absolute atomic E-state index is 13.6. The standard InChI is InChI=1S/C48H60N6O7S2Si/c1-46(2,3)64(4,5)61-39(34-14-16-38(55)43-35(34)15-17-42(56)50-43)29-49-28-31-26-37-44(36-11-6-10-33(31)36)54(52-51-37)21-9-20-53-22-18-47(19-23-53)27-32(30-59-47)60-45(57)48(58,40-12-7-24-62-40)41-13-8-25-63-41/h7-8,12-17,24-26,32,39,49,55,58H,6,9-11,18-23,27-30H2,1-5H3,(H,50,56)/t32-,39?/m1/s1. The molecule has 3 aliphatic rings. The van der Waals surface area contributed by atoms with Crippen LogP contribution in [0.15, 0.2) is 70.2 Å². The molecule has 0 radical (unpaired) electrons. The number of aromatic hydroxyl groups is 1. The van der Waals surface area contributed by atoms with Crippen molar-refractivity contribution < 1.29 is 28.9 Å². The lowest BCUT2D eigenvalue weighted by molar-refractivity contribution is -0.167. The zero-order chi connectivity index (χ0) is 44.9. The number of hydrogen-bond donors (Lipinski definition) is 4. The lowest BCUT2D eigenvalue weighted by Crippen LogP contribution is -2.45. The number of benzene rings is 2. The number of nitrogens with zero attached hydrogens (tertiary/aromatic N) is 4. The molecular weight excluding hydrogens is 865 g/mol. The summed E-state index contributed by atoms with van der Waals surface area (Å²) in [5.74, 6) is -0.600. The SMILES string of the molecule is CC(C)(C)[Si](C)(C)OC(CNCc1cc2nnn(CCCN3CCC4(CC3)C[C@@H](OC(=O)C(O)(c3cccs3)c3cccs3)CO4)c2c2c1CCC2)c1ccc(O)c2[nH]c(=O)ccc12. The number of rotatable bonds is 15. The number of piperidine rings is 1. The molecule has 4 aromatic heterocycles. The maximum Gasteiger partial charge on any atom is 0.349 e. The second-order valence-corrected chi connectivity index (χ2v) is 26.0. The number of aliphatic hydroxyl groups is 1. The Morgan fingerprint density at radius 1 is 1.05 bits per heavy atom. The van der Waals surface area contributed by atoms with Crippen LogP contribution in [0, 0.1) is 0 Å². The molecular formula is C48H60N6O7S2Si. The molecule has 6 heterocycles. The summed E-state index contributed by atoms with van der Waals surface area (Å²) in [5, 5.41) is 39.9. The number of hydrogen-bond acceptors (Lipinski definition) is 13. The summed E-state index contributed by atoms with van der Waals surface area (Å²) in [6.07, 6.45) is 5.75. The molecule has 13 nitrogen and oxygen atoms in total. The molecule has 4 N–H and O–H groups in total. The van der Waals surface area contributed by atoms with E-state index in [-0.39, 0.29) is 28.1 Å². The van der Waals surface area contributed by atoms with Crippen molar-refractivity contribution in [2.45, 2.75) is 120 Å². The quantitative estimate of drug-likeness (QED) is 0.0584. The number of phenolic OH excluding ortho intramolecular Hbond substituents is 1. The Labute approximate surface area is 382 Å². The number of phenols is 1. The van der Waals surface area contributed by atoms with Crippen LogP contribution in [0.3, 0.4) is 0 Å². The minimum absolute atomic E-state index is 0.0132. The number of H-pyrrole nitrogens is 1. The van der Waals surface area contributed by atoms with Crippen LogP contribution in [0.4, 0.5) is 0 Å². The maximum atomic E-state index is 13.6. The van der Waals surface area contributed by atoms with Gasteiger partial charge in [-0.15, -0.1) is 27.8 Å². The number of pyridine rings is 1. The first-order valence-corrected chi connectivity index (χ1v) is 27.3. The fraction of sp³-hybridized carbons (Fsp3) is 0.500. The number of fused-ring (bicyclic) bond motifs is 4. The van der Waals surface area contributed by atoms with E-state index in [1.54, 1.807) is 24.3 Å². The molecule has 6 aromatic rings. The van der Waals surface area contributed by atoms with Crippen LogP contribution in [-0.4, -0.2) is 93.9 Å². The summed E-state index contributed by atoms with van der Waals surface area (Å²) in [4.78, 5) is 32.2. The van der Waals surface area contributed by atoms with Crippen LogP contribution in [0.5, 0.6) is 5.75 Å². The third-order valence-electron chi connectivity index (χ3n) is 14.2. The fourth-order valence-electron chi connectivity index (χ4n) is 9.67. The van der Waals surface area contributed by atoms with Crippen molar-refractivity contribution >= 4 is 58.9 Å². The van der Waals surface area contributed by atoms with Gasteiger partial charge in [0.05, 0.1) is 39.1 Å². The van der Waals surface area contributed by atoms with Crippen molar-refractivity contribution in [3.05, 3.63) is 108 Å². The third-order valence-corrected chi connectivity index (χ3v) is 20.7. The summed E-state index contributed by atoms with van der Waals surface area (Å²) in [6.45, 7) is 16.3. The van der Waals surface area contributed by atoms with Gasteiger partial charge in [-0.05, 0) is 127 Å². The van der Waals surface area contributed by atoms with Crippen LogP contribution in [-0.2, 0) is 50.2 Å². The molecule has 9 rings (SSSR count). The van der Waals surface area contributed by atoms with Crippen molar-refractivity contribution in [2.75, 3.05) is 32.8 Å². The van der Waals surface area contributed by atoms with Gasteiger partial charge in [0.25, 0.3) is 0 Å². The average Bonchev–Trinajstić information content (AvgIpc) is 4.12. The summed E-state index contributed by atoms with van der Waals surface area (Å²) in [7, 11) is -2.23.